The van der Waals surface area contributed by atoms with Crippen molar-refractivity contribution < 1.29 is 64.6 Å². The van der Waals surface area contributed by atoms with Gasteiger partial charge < -0.3 is 65.1 Å². The molecule has 1 amide bonds. The maximum absolute atomic E-state index is 13.3. The predicted octanol–water partition coefficient (Wildman–Crippen LogP) is 13.4. The van der Waals surface area contributed by atoms with E-state index in [9.17, 15) is 45.6 Å². The van der Waals surface area contributed by atoms with Gasteiger partial charge in [0.2, 0.25) is 5.91 Å². The number of amides is 1. The number of carbonyl (C=O) groups excluding carboxylic acids is 1. The summed E-state index contributed by atoms with van der Waals surface area (Å²) in [5.41, 5.74) is 0. The number of aliphatic hydroxyl groups is 8. The normalized spacial score (nSPS) is 24.2. The lowest BCUT2D eigenvalue weighted by molar-refractivity contribution is -0.359. The molecule has 14 heteroatoms. The maximum Gasteiger partial charge on any atom is 0.220 e. The molecule has 0 aromatic carbocycles. The lowest BCUT2D eigenvalue weighted by Gasteiger charge is -2.46. The van der Waals surface area contributed by atoms with Gasteiger partial charge in [-0.25, -0.2) is 0 Å². The number of unbranched alkanes of at least 4 members (excludes halogenated alkanes) is 15. The zero-order chi connectivity index (χ0) is 63.8. The van der Waals surface area contributed by atoms with Crippen molar-refractivity contribution in [3.8, 4) is 0 Å². The first-order valence-electron chi connectivity index (χ1n) is 33.7. The van der Waals surface area contributed by atoms with Gasteiger partial charge >= 0.3 is 0 Å². The van der Waals surface area contributed by atoms with Crippen molar-refractivity contribution in [1.29, 1.82) is 0 Å². The van der Waals surface area contributed by atoms with Crippen LogP contribution in [0.25, 0.3) is 0 Å². The van der Waals surface area contributed by atoms with Crippen molar-refractivity contribution in [3.63, 3.8) is 0 Å². The Morgan fingerprint density at radius 2 is 0.784 bits per heavy atom. The summed E-state index contributed by atoms with van der Waals surface area (Å²) in [6.07, 6.45) is 70.1. The van der Waals surface area contributed by atoms with E-state index in [4.69, 9.17) is 18.9 Å². The molecule has 2 aliphatic rings. The average Bonchev–Trinajstić information content (AvgIpc) is 2.99. The second kappa shape index (κ2) is 56.6. The Labute approximate surface area is 531 Å². The fraction of sp³-hybridized carbons (Fsp3) is 0.635. The molecule has 0 spiro atoms. The van der Waals surface area contributed by atoms with Crippen molar-refractivity contribution in [2.45, 2.75) is 280 Å². The predicted molar refractivity (Wildman–Crippen MR) is 359 cm³/mol. The molecule has 2 rings (SSSR count). The quantitative estimate of drug-likeness (QED) is 0.0204. The van der Waals surface area contributed by atoms with E-state index < -0.39 is 86.8 Å². The fourth-order valence-corrected chi connectivity index (χ4v) is 9.86. The van der Waals surface area contributed by atoms with Gasteiger partial charge in [-0.1, -0.05) is 249 Å². The summed E-state index contributed by atoms with van der Waals surface area (Å²) in [6.45, 7) is 2.63. The van der Waals surface area contributed by atoms with Gasteiger partial charge in [0, 0.05) is 6.42 Å². The van der Waals surface area contributed by atoms with Crippen LogP contribution in [0.15, 0.2) is 158 Å². The highest BCUT2D eigenvalue weighted by molar-refractivity contribution is 5.76. The molecule has 0 bridgehead atoms. The van der Waals surface area contributed by atoms with Crippen LogP contribution in [-0.2, 0) is 23.7 Å². The summed E-state index contributed by atoms with van der Waals surface area (Å²) in [7, 11) is 0. The SMILES string of the molecule is CC/C=C\C/C=C\C/C=C\C/C=C\C/C=C\C/C=C\C/C=C\C/C=C\C/C=C\C/C=C\C/C=C\C/C=C\CCCCC(=O)NC(COC1OC(CO)C(OC2OC(CO)C(O)C(O)C2O)C(O)C1O)C(O)/C=C/CCCCCCCCCCCCCCC. The van der Waals surface area contributed by atoms with Gasteiger partial charge in [0.1, 0.15) is 48.8 Å². The Morgan fingerprint density at radius 1 is 0.420 bits per heavy atom. The summed E-state index contributed by atoms with van der Waals surface area (Å²) in [4.78, 5) is 13.3. The number of rotatable bonds is 52. The highest BCUT2D eigenvalue weighted by Gasteiger charge is 2.51. The summed E-state index contributed by atoms with van der Waals surface area (Å²) >= 11 is 0. The number of ether oxygens (including phenoxy) is 4. The van der Waals surface area contributed by atoms with Gasteiger partial charge in [-0.05, 0) is 109 Å². The maximum atomic E-state index is 13.3. The van der Waals surface area contributed by atoms with Crippen LogP contribution in [0.5, 0.6) is 0 Å². The molecular formula is C74H119NO13. The Bertz CT molecular complexity index is 2080. The van der Waals surface area contributed by atoms with Gasteiger partial charge in [0.25, 0.3) is 0 Å². The smallest absolute Gasteiger partial charge is 0.220 e. The molecule has 0 aromatic heterocycles. The number of carbonyl (C=O) groups is 1. The van der Waals surface area contributed by atoms with Crippen molar-refractivity contribution in [1.82, 2.24) is 5.32 Å². The minimum atomic E-state index is -1.80. The molecule has 14 nitrogen and oxygen atoms in total. The van der Waals surface area contributed by atoms with E-state index in [-0.39, 0.29) is 18.9 Å². The largest absolute Gasteiger partial charge is 0.394 e. The minimum Gasteiger partial charge on any atom is -0.394 e. The van der Waals surface area contributed by atoms with E-state index in [1.54, 1.807) is 6.08 Å². The van der Waals surface area contributed by atoms with Gasteiger partial charge in [0.15, 0.2) is 12.6 Å². The molecule has 0 radical (unpaired) electrons. The number of aliphatic hydroxyl groups excluding tert-OH is 8. The first-order valence-corrected chi connectivity index (χ1v) is 33.7. The second-order valence-corrected chi connectivity index (χ2v) is 22.9. The third kappa shape index (κ3) is 40.4. The number of hydrogen-bond donors (Lipinski definition) is 9. The number of nitrogens with one attached hydrogen (secondary N) is 1. The summed E-state index contributed by atoms with van der Waals surface area (Å²) in [5, 5.41) is 87.2. The standard InChI is InChI=1S/C74H119NO13/c1-3-5-7-9-11-13-15-17-19-20-21-22-23-24-25-26-27-28-29-30-31-32-33-34-35-36-37-38-39-40-41-42-44-46-48-50-52-54-56-58-66(79)75-62(63(78)57-55-53-51-49-47-45-43-18-16-14-12-10-8-6-4-2)61-85-73-71(84)69(82)72(65(60-77)87-73)88-74-70(83)68(81)67(80)64(59-76)86-74/h5,7,11,13,17,19,21-22,24-25,27-28,30-31,33-34,36-37,39-40,42,44,48,50,55,57,62-65,67-74,76-78,80-84H,3-4,6,8-10,12,14-16,18,20,23,26,29,32,35,38,41,43,45-47,49,51-54,56,58-61H2,1-2H3,(H,75,79)/b7-5-,13-11-,19-17-,22-21-,25-24-,28-27-,31-30-,34-33-,37-36-,40-39-,44-42-,50-48-,57-55+. The third-order valence-electron chi connectivity index (χ3n) is 15.2. The second-order valence-electron chi connectivity index (χ2n) is 22.9. The van der Waals surface area contributed by atoms with E-state index in [0.717, 1.165) is 116 Å². The molecule has 2 aliphatic heterocycles. The molecule has 12 unspecified atom stereocenters. The van der Waals surface area contributed by atoms with Crippen molar-refractivity contribution in [2.24, 2.45) is 0 Å². The first-order chi connectivity index (χ1) is 43.1. The van der Waals surface area contributed by atoms with Crippen LogP contribution in [0.2, 0.25) is 0 Å². The minimum absolute atomic E-state index is 0.215. The molecule has 498 valence electrons. The Morgan fingerprint density at radius 3 is 1.20 bits per heavy atom. The monoisotopic (exact) mass is 1230 g/mol. The third-order valence-corrected chi connectivity index (χ3v) is 15.2. The molecule has 9 N–H and O–H groups in total. The molecule has 12 atom stereocenters. The van der Waals surface area contributed by atoms with Crippen molar-refractivity contribution >= 4 is 5.91 Å². The molecule has 88 heavy (non-hydrogen) atoms. The van der Waals surface area contributed by atoms with Gasteiger partial charge in [-0.3, -0.25) is 4.79 Å². The number of hydrogen-bond acceptors (Lipinski definition) is 13. The number of allylic oxidation sites excluding steroid dienone is 25. The molecule has 0 aromatic rings. The zero-order valence-electron chi connectivity index (χ0n) is 53.9. The summed E-state index contributed by atoms with van der Waals surface area (Å²) in [6, 6.07) is -0.950. The lowest BCUT2D eigenvalue weighted by Crippen LogP contribution is -2.65. The Balaban J connectivity index is 1.69. The zero-order valence-corrected chi connectivity index (χ0v) is 53.9. The van der Waals surface area contributed by atoms with Crippen LogP contribution in [0.4, 0.5) is 0 Å². The topological polar surface area (TPSA) is 228 Å². The summed E-state index contributed by atoms with van der Waals surface area (Å²) in [5.74, 6) is -0.288. The van der Waals surface area contributed by atoms with Crippen LogP contribution in [0.3, 0.4) is 0 Å². The van der Waals surface area contributed by atoms with Crippen LogP contribution in [0, 0.1) is 0 Å². The van der Waals surface area contributed by atoms with E-state index in [1.807, 2.05) is 6.08 Å². The van der Waals surface area contributed by atoms with E-state index in [1.165, 1.54) is 64.2 Å². The van der Waals surface area contributed by atoms with Crippen LogP contribution < -0.4 is 5.32 Å². The van der Waals surface area contributed by atoms with Crippen LogP contribution in [0.1, 0.15) is 206 Å². The van der Waals surface area contributed by atoms with Gasteiger partial charge in [-0.2, -0.15) is 0 Å². The van der Waals surface area contributed by atoms with Crippen molar-refractivity contribution in [2.75, 3.05) is 19.8 Å². The molecule has 2 saturated heterocycles. The van der Waals surface area contributed by atoms with E-state index >= 15 is 0 Å². The average molecular weight is 1230 g/mol. The molecule has 2 heterocycles. The van der Waals surface area contributed by atoms with Gasteiger partial charge in [-0.15, -0.1) is 0 Å². The Kier molecular flexibility index (Phi) is 51.2. The fourth-order valence-electron chi connectivity index (χ4n) is 9.86. The Hall–Kier alpha value is -4.39. The van der Waals surface area contributed by atoms with E-state index in [2.05, 4.69) is 165 Å². The molecule has 0 aliphatic carbocycles. The molecule has 2 fully saturated rings. The lowest BCUT2D eigenvalue weighted by atomic mass is 9.97. The highest BCUT2D eigenvalue weighted by atomic mass is 16.7. The highest BCUT2D eigenvalue weighted by Crippen LogP contribution is 2.30. The van der Waals surface area contributed by atoms with Crippen LogP contribution in [-0.4, -0.2) is 140 Å². The molecule has 0 saturated carbocycles. The first kappa shape index (κ1) is 79.7. The van der Waals surface area contributed by atoms with E-state index in [0.29, 0.717) is 6.42 Å². The van der Waals surface area contributed by atoms with Gasteiger partial charge in [0.05, 0.1) is 32.0 Å². The summed E-state index contributed by atoms with van der Waals surface area (Å²) < 4.78 is 22.8. The molecular weight excluding hydrogens is 1110 g/mol. The van der Waals surface area contributed by atoms with Crippen LogP contribution >= 0.6 is 0 Å². The van der Waals surface area contributed by atoms with Crippen molar-refractivity contribution in [3.05, 3.63) is 158 Å².